The van der Waals surface area contributed by atoms with Crippen LogP contribution in [0.1, 0.15) is 63.7 Å². The Kier molecular flexibility index (Phi) is 15.0. The van der Waals surface area contributed by atoms with Gasteiger partial charge in [0.05, 0.1) is 27.8 Å². The lowest BCUT2D eigenvalue weighted by atomic mass is 9.91. The minimum absolute atomic E-state index is 0.0383. The summed E-state index contributed by atoms with van der Waals surface area (Å²) in [5.41, 5.74) is 1.89. The molecule has 1 saturated heterocycles. The number of alkyl carbamates (subject to hydrolysis) is 2. The largest absolute Gasteiger partial charge is 0.479 e. The molecule has 3 aromatic heterocycles. The van der Waals surface area contributed by atoms with Crippen molar-refractivity contribution in [2.45, 2.75) is 107 Å². The highest BCUT2D eigenvalue weighted by molar-refractivity contribution is 9.10. The number of fused-ring (bicyclic) bond motifs is 1. The maximum atomic E-state index is 13.5. The number of rotatable bonds is 15. The number of aromatic nitrogens is 5. The van der Waals surface area contributed by atoms with E-state index < -0.39 is 76.9 Å². The molecule has 8 N–H and O–H groups in total. The Morgan fingerprint density at radius 3 is 2.37 bits per heavy atom. The first-order chi connectivity index (χ1) is 31.9. The summed E-state index contributed by atoms with van der Waals surface area (Å²) >= 11 is 3.53. The Morgan fingerprint density at radius 2 is 1.70 bits per heavy atom. The van der Waals surface area contributed by atoms with E-state index >= 15 is 0 Å². The molecule has 2 fully saturated rings. The van der Waals surface area contributed by atoms with Crippen molar-refractivity contribution in [1.82, 2.24) is 35.2 Å². The molecule has 6 atom stereocenters. The van der Waals surface area contributed by atoms with E-state index in [1.54, 1.807) is 37.7 Å². The van der Waals surface area contributed by atoms with Gasteiger partial charge >= 0.3 is 23.8 Å². The third-order valence-electron chi connectivity index (χ3n) is 10.8. The molecular weight excluding hydrogens is 944 g/mol. The molecule has 356 valence electrons. The Labute approximate surface area is 390 Å². The number of carboxylic acids is 1. The third-order valence-corrected chi connectivity index (χ3v) is 11.3. The number of nitro benzene ring substituents is 1. The zero-order chi connectivity index (χ0) is 48.0. The van der Waals surface area contributed by atoms with E-state index in [4.69, 9.17) is 23.9 Å². The number of carboxylic acid groups (broad SMARTS) is 1. The van der Waals surface area contributed by atoms with E-state index in [0.29, 0.717) is 54.2 Å². The summed E-state index contributed by atoms with van der Waals surface area (Å²) < 4.78 is 23.9. The molecule has 4 heterocycles. The van der Waals surface area contributed by atoms with E-state index in [1.165, 1.54) is 6.07 Å². The van der Waals surface area contributed by atoms with Gasteiger partial charge in [-0.3, -0.25) is 15.1 Å². The van der Waals surface area contributed by atoms with Gasteiger partial charge in [-0.1, -0.05) is 36.4 Å². The number of ether oxygens (including phenoxy) is 4. The normalized spacial score (nSPS) is 22.2. The lowest BCUT2D eigenvalue weighted by Crippen LogP contribution is -2.61. The number of benzene rings is 2. The predicted molar refractivity (Wildman–Crippen MR) is 240 cm³/mol. The molecule has 1 saturated carbocycles. The number of anilines is 2. The zero-order valence-electron chi connectivity index (χ0n) is 36.3. The van der Waals surface area contributed by atoms with Crippen LogP contribution in [0, 0.1) is 10.1 Å². The highest BCUT2D eigenvalue weighted by atomic mass is 79.9. The van der Waals surface area contributed by atoms with Gasteiger partial charge in [0.15, 0.2) is 17.5 Å². The Morgan fingerprint density at radius 1 is 0.970 bits per heavy atom. The van der Waals surface area contributed by atoms with Crippen LogP contribution in [-0.2, 0) is 25.5 Å². The van der Waals surface area contributed by atoms with Crippen molar-refractivity contribution in [2.24, 2.45) is 0 Å². The first-order valence-corrected chi connectivity index (χ1v) is 21.9. The number of nitrogens with one attached hydrogen (secondary N) is 4. The Bertz CT molecular complexity index is 2560. The number of aliphatic hydroxyl groups excluding tert-OH is 3. The second-order valence-electron chi connectivity index (χ2n) is 16.8. The minimum atomic E-state index is -2.02. The number of carbonyl (C=O) groups is 3. The van der Waals surface area contributed by atoms with Crippen molar-refractivity contribution in [2.75, 3.05) is 17.2 Å². The Balaban J connectivity index is 0.983. The van der Waals surface area contributed by atoms with Gasteiger partial charge in [-0.15, -0.1) is 0 Å². The van der Waals surface area contributed by atoms with Gasteiger partial charge in [0.25, 0.3) is 0 Å². The van der Waals surface area contributed by atoms with Crippen molar-refractivity contribution < 1.29 is 58.7 Å². The molecular formula is C43H49BrN10O13. The molecule has 2 aromatic carbocycles. The van der Waals surface area contributed by atoms with Crippen molar-refractivity contribution >= 4 is 57.3 Å². The quantitative estimate of drug-likeness (QED) is 0.0530. The molecule has 7 rings (SSSR count). The number of nitrogens with zero attached hydrogens (tertiary/aromatic N) is 6. The average Bonchev–Trinajstić information content (AvgIpc) is 3.67. The van der Waals surface area contributed by atoms with Crippen molar-refractivity contribution in [3.8, 4) is 17.0 Å². The maximum Gasteiger partial charge on any atom is 0.408 e. The number of hydrogen-bond acceptors (Lipinski definition) is 18. The number of pyridine rings is 1. The van der Waals surface area contributed by atoms with Gasteiger partial charge in [0.1, 0.15) is 30.0 Å². The molecule has 0 spiro atoms. The fourth-order valence-electron chi connectivity index (χ4n) is 7.40. The summed E-state index contributed by atoms with van der Waals surface area (Å²) in [6.07, 6.45) is -7.34. The number of amides is 2. The molecule has 24 heteroatoms. The number of aliphatic carboxylic acids is 1. The second kappa shape index (κ2) is 20.8. The summed E-state index contributed by atoms with van der Waals surface area (Å²) in [5.74, 6) is -1.34. The molecule has 2 amide bonds. The lowest BCUT2D eigenvalue weighted by Gasteiger charge is -2.38. The predicted octanol–water partition coefficient (Wildman–Crippen LogP) is 4.46. The summed E-state index contributed by atoms with van der Waals surface area (Å²) in [6.45, 7) is 5.03. The van der Waals surface area contributed by atoms with Gasteiger partial charge in [0, 0.05) is 42.0 Å². The monoisotopic (exact) mass is 992 g/mol. The van der Waals surface area contributed by atoms with Crippen LogP contribution in [0.15, 0.2) is 77.5 Å². The topological polar surface area (TPSA) is 316 Å². The summed E-state index contributed by atoms with van der Waals surface area (Å²) in [5, 5.41) is 68.9. The van der Waals surface area contributed by atoms with E-state index in [1.807, 2.05) is 42.5 Å². The van der Waals surface area contributed by atoms with Crippen LogP contribution in [0.5, 0.6) is 5.75 Å². The van der Waals surface area contributed by atoms with Gasteiger partial charge in [-0.25, -0.2) is 14.4 Å². The lowest BCUT2D eigenvalue weighted by molar-refractivity contribution is -0.387. The zero-order valence-corrected chi connectivity index (χ0v) is 37.9. The number of aliphatic hydroxyl groups is 3. The van der Waals surface area contributed by atoms with Crippen LogP contribution in [-0.4, -0.2) is 123 Å². The molecule has 0 unspecified atom stereocenters. The molecule has 1 aliphatic heterocycles. The summed E-state index contributed by atoms with van der Waals surface area (Å²) in [7, 11) is 0. The van der Waals surface area contributed by atoms with Crippen molar-refractivity contribution in [3.63, 3.8) is 0 Å². The second-order valence-corrected chi connectivity index (χ2v) is 17.7. The van der Waals surface area contributed by atoms with E-state index in [2.05, 4.69) is 52.3 Å². The number of halogens is 1. The summed E-state index contributed by atoms with van der Waals surface area (Å²) in [6, 6.07) is 16.8. The van der Waals surface area contributed by atoms with Crippen LogP contribution in [0.4, 0.5) is 27.2 Å². The van der Waals surface area contributed by atoms with E-state index in [-0.39, 0.29) is 24.2 Å². The molecule has 67 heavy (non-hydrogen) atoms. The van der Waals surface area contributed by atoms with Crippen LogP contribution >= 0.6 is 15.9 Å². The number of carbonyl (C=O) groups excluding carboxylic acids is 2. The first kappa shape index (κ1) is 48.2. The van der Waals surface area contributed by atoms with E-state index in [0.717, 1.165) is 29.0 Å². The highest BCUT2D eigenvalue weighted by Crippen LogP contribution is 2.35. The van der Waals surface area contributed by atoms with Crippen LogP contribution in [0.2, 0.25) is 0 Å². The van der Waals surface area contributed by atoms with Crippen molar-refractivity contribution in [1.29, 1.82) is 0 Å². The molecule has 23 nitrogen and oxygen atoms in total. The molecule has 0 bridgehead atoms. The van der Waals surface area contributed by atoms with Gasteiger partial charge in [0.2, 0.25) is 18.2 Å². The number of hydrogen-bond donors (Lipinski definition) is 8. The van der Waals surface area contributed by atoms with Crippen LogP contribution in [0.25, 0.3) is 16.9 Å². The Hall–Kier alpha value is -6.73. The van der Waals surface area contributed by atoms with Gasteiger partial charge in [-0.05, 0) is 86.1 Å². The van der Waals surface area contributed by atoms with Crippen LogP contribution < -0.4 is 26.0 Å². The molecule has 2 aliphatic rings. The highest BCUT2D eigenvalue weighted by Gasteiger charge is 2.48. The number of nitro groups is 1. The fourth-order valence-corrected chi connectivity index (χ4v) is 7.75. The molecule has 1 aliphatic carbocycles. The minimum Gasteiger partial charge on any atom is -0.479 e. The average molecular weight is 994 g/mol. The van der Waals surface area contributed by atoms with Crippen molar-refractivity contribution in [3.05, 3.63) is 98.8 Å². The smallest absolute Gasteiger partial charge is 0.408 e. The standard InChI is InChI=1S/C43H49BrN10O13/c1-43(2,3)67-41(60)47-21-31(24-11-16-30(29(18-24)54(62)63)64-38-34(57)32(55)33(56)35(66-38)37(58)59)65-42(61)50-26-14-12-25(13-15-26)49-39-51-36-27(44)20-48-53(36)40(52-39)46-19-22-7-9-23(10-8-22)28-6-4-5-17-45-28/h4-11,16-18,20,25-26,31-35,38,55-57H,12-15,19,21H2,1-3H3,(H,47,60)(H,50,61)(H,58,59)(H2,46,49,51,52)/t25?,26?,31-,32-,33-,34+,35-,38+/m0/s1. The maximum absolute atomic E-state index is 13.5. The fraction of sp³-hybridized carbons (Fsp3) is 0.419. The molecule has 5 aromatic rings. The summed E-state index contributed by atoms with van der Waals surface area (Å²) in [4.78, 5) is 62.9. The van der Waals surface area contributed by atoms with Gasteiger partial charge < -0.3 is 60.6 Å². The first-order valence-electron chi connectivity index (χ1n) is 21.2. The molecule has 0 radical (unpaired) electrons. The van der Waals surface area contributed by atoms with Crippen LogP contribution in [0.3, 0.4) is 0 Å². The SMILES string of the molecule is CC(C)(C)OC(=O)NC[C@H](OC(=O)NC1CCC(Nc2nc(NCc3ccc(-c4ccccn4)cc3)n3ncc(Br)c3n2)CC1)c1ccc(O[C@@H]2O[C@H](C(=O)O)[C@@H](O)[C@H](O)[C@H]2O)c([N+](=O)[O-])c1. The third kappa shape index (κ3) is 12.2. The van der Waals surface area contributed by atoms with Gasteiger partial charge in [-0.2, -0.15) is 19.6 Å². The van der Waals surface area contributed by atoms with E-state index in [9.17, 15) is 44.9 Å².